The third-order valence-corrected chi connectivity index (χ3v) is 4.59. The van der Waals surface area contributed by atoms with Crippen molar-refractivity contribution in [3.05, 3.63) is 47.5 Å². The van der Waals surface area contributed by atoms with Crippen LogP contribution in [0.25, 0.3) is 0 Å². The Labute approximate surface area is 145 Å². The summed E-state index contributed by atoms with van der Waals surface area (Å²) in [5, 5.41) is 13.7. The minimum absolute atomic E-state index is 0.0275. The number of aliphatic hydroxyl groups is 1. The zero-order chi connectivity index (χ0) is 17.4. The molecule has 0 spiro atoms. The number of amides is 1. The summed E-state index contributed by atoms with van der Waals surface area (Å²) < 4.78 is 0. The Hall–Kier alpha value is -1.65. The molecule has 4 heteroatoms. The van der Waals surface area contributed by atoms with Crippen molar-refractivity contribution in [3.63, 3.8) is 0 Å². The van der Waals surface area contributed by atoms with Crippen molar-refractivity contribution in [2.45, 2.75) is 45.1 Å². The second-order valence-corrected chi connectivity index (χ2v) is 7.10. The third-order valence-electron chi connectivity index (χ3n) is 4.59. The molecule has 1 aliphatic heterocycles. The summed E-state index contributed by atoms with van der Waals surface area (Å²) in [5.41, 5.74) is 1.53. The second kappa shape index (κ2) is 9.00. The van der Waals surface area contributed by atoms with Crippen LogP contribution in [0.15, 0.2) is 42.0 Å². The first-order valence-electron chi connectivity index (χ1n) is 8.86. The van der Waals surface area contributed by atoms with E-state index in [1.807, 2.05) is 30.3 Å². The van der Waals surface area contributed by atoms with E-state index in [9.17, 15) is 9.90 Å². The maximum absolute atomic E-state index is 12.1. The molecule has 1 aliphatic rings. The van der Waals surface area contributed by atoms with Crippen LogP contribution < -0.4 is 5.32 Å². The van der Waals surface area contributed by atoms with Gasteiger partial charge in [-0.1, -0.05) is 42.0 Å². The van der Waals surface area contributed by atoms with Gasteiger partial charge in [-0.2, -0.15) is 0 Å². The number of likely N-dealkylation sites (tertiary alicyclic amines) is 1. The second-order valence-electron chi connectivity index (χ2n) is 7.10. The first kappa shape index (κ1) is 18.7. The number of hydrogen-bond donors (Lipinski definition) is 2. The van der Waals surface area contributed by atoms with Gasteiger partial charge < -0.3 is 10.4 Å². The van der Waals surface area contributed by atoms with E-state index < -0.39 is 5.60 Å². The smallest absolute Gasteiger partial charge is 0.224 e. The molecule has 2 rings (SSSR count). The number of carbonyl (C=O) groups excluding carboxylic acids is 1. The number of allylic oxidation sites excluding steroid dienone is 1. The maximum Gasteiger partial charge on any atom is 0.224 e. The summed E-state index contributed by atoms with van der Waals surface area (Å²) in [6.07, 6.45) is 5.00. The zero-order valence-corrected chi connectivity index (χ0v) is 14.9. The van der Waals surface area contributed by atoms with Gasteiger partial charge in [-0.05, 0) is 45.2 Å². The van der Waals surface area contributed by atoms with Crippen LogP contribution in [0.5, 0.6) is 0 Å². The Morgan fingerprint density at radius 2 is 2.00 bits per heavy atom. The highest BCUT2D eigenvalue weighted by Crippen LogP contribution is 2.21. The molecule has 24 heavy (non-hydrogen) atoms. The lowest BCUT2D eigenvalue weighted by molar-refractivity contribution is -0.121. The molecule has 1 saturated heterocycles. The Kier molecular flexibility index (Phi) is 7.00. The van der Waals surface area contributed by atoms with E-state index in [0.717, 1.165) is 38.0 Å². The first-order chi connectivity index (χ1) is 11.5. The van der Waals surface area contributed by atoms with E-state index in [1.54, 1.807) is 0 Å². The molecule has 4 nitrogen and oxygen atoms in total. The van der Waals surface area contributed by atoms with Crippen molar-refractivity contribution in [2.24, 2.45) is 0 Å². The average molecular weight is 330 g/mol. The number of nitrogens with one attached hydrogen (secondary N) is 1. The molecule has 2 N–H and O–H groups in total. The highest BCUT2D eigenvalue weighted by Gasteiger charge is 2.30. The molecule has 0 aliphatic carbocycles. The molecule has 1 atom stereocenters. The molecule has 132 valence electrons. The highest BCUT2D eigenvalue weighted by atomic mass is 16.3. The van der Waals surface area contributed by atoms with E-state index in [0.29, 0.717) is 19.4 Å². The van der Waals surface area contributed by atoms with E-state index in [4.69, 9.17) is 0 Å². The van der Waals surface area contributed by atoms with Gasteiger partial charge in [0, 0.05) is 19.6 Å². The van der Waals surface area contributed by atoms with E-state index in [-0.39, 0.29) is 5.91 Å². The van der Waals surface area contributed by atoms with Crippen molar-refractivity contribution in [2.75, 3.05) is 26.2 Å². The molecular formula is C20H30N2O2. The number of hydrogen-bond acceptors (Lipinski definition) is 3. The van der Waals surface area contributed by atoms with Crippen LogP contribution in [0.2, 0.25) is 0 Å². The van der Waals surface area contributed by atoms with Crippen LogP contribution >= 0.6 is 0 Å². The molecule has 1 amide bonds. The lowest BCUT2D eigenvalue weighted by atomic mass is 9.95. The minimum atomic E-state index is -0.786. The van der Waals surface area contributed by atoms with Gasteiger partial charge in [0.25, 0.3) is 0 Å². The van der Waals surface area contributed by atoms with Crippen LogP contribution in [0.3, 0.4) is 0 Å². The Balaban J connectivity index is 1.79. The Morgan fingerprint density at radius 1 is 1.25 bits per heavy atom. The Morgan fingerprint density at radius 3 is 2.71 bits per heavy atom. The molecule has 0 aromatic heterocycles. The lowest BCUT2D eigenvalue weighted by Gasteiger charge is -2.27. The van der Waals surface area contributed by atoms with Crippen molar-refractivity contribution in [3.8, 4) is 0 Å². The van der Waals surface area contributed by atoms with E-state index in [2.05, 4.69) is 30.1 Å². The van der Waals surface area contributed by atoms with Crippen LogP contribution in [0.4, 0.5) is 0 Å². The van der Waals surface area contributed by atoms with Gasteiger partial charge in [0.15, 0.2) is 0 Å². The molecule has 0 saturated carbocycles. The SMILES string of the molecule is CC(C)=CCN1CCC[C@@](O)(CNC(=O)Cc2ccccc2)CC1. The Bertz CT molecular complexity index is 552. The molecule has 0 radical (unpaired) electrons. The number of rotatable bonds is 6. The van der Waals surface area contributed by atoms with Crippen molar-refractivity contribution in [1.82, 2.24) is 10.2 Å². The highest BCUT2D eigenvalue weighted by molar-refractivity contribution is 5.78. The largest absolute Gasteiger partial charge is 0.388 e. The van der Waals surface area contributed by atoms with E-state index in [1.165, 1.54) is 5.57 Å². The summed E-state index contributed by atoms with van der Waals surface area (Å²) >= 11 is 0. The monoisotopic (exact) mass is 330 g/mol. The van der Waals surface area contributed by atoms with Crippen molar-refractivity contribution < 1.29 is 9.90 Å². The van der Waals surface area contributed by atoms with Gasteiger partial charge in [0.1, 0.15) is 0 Å². The predicted octanol–water partition coefficient (Wildman–Crippen LogP) is 2.53. The molecule has 0 bridgehead atoms. The van der Waals surface area contributed by atoms with Crippen molar-refractivity contribution >= 4 is 5.91 Å². The summed E-state index contributed by atoms with van der Waals surface area (Å²) in [5.74, 6) is -0.0275. The zero-order valence-electron chi connectivity index (χ0n) is 14.9. The maximum atomic E-state index is 12.1. The lowest BCUT2D eigenvalue weighted by Crippen LogP contribution is -2.44. The molecule has 1 aromatic rings. The topological polar surface area (TPSA) is 52.6 Å². The number of benzene rings is 1. The first-order valence-corrected chi connectivity index (χ1v) is 8.86. The fourth-order valence-corrected chi connectivity index (χ4v) is 3.01. The van der Waals surface area contributed by atoms with Crippen LogP contribution in [0.1, 0.15) is 38.7 Å². The van der Waals surface area contributed by atoms with Gasteiger partial charge in [-0.3, -0.25) is 9.69 Å². The summed E-state index contributed by atoms with van der Waals surface area (Å²) in [6, 6.07) is 9.70. The predicted molar refractivity (Wildman–Crippen MR) is 97.8 cm³/mol. The summed E-state index contributed by atoms with van der Waals surface area (Å²) in [7, 11) is 0. The van der Waals surface area contributed by atoms with Gasteiger partial charge in [-0.25, -0.2) is 0 Å². The molecule has 1 aromatic carbocycles. The fourth-order valence-electron chi connectivity index (χ4n) is 3.01. The van der Waals surface area contributed by atoms with Crippen LogP contribution in [0, 0.1) is 0 Å². The van der Waals surface area contributed by atoms with Crippen molar-refractivity contribution in [1.29, 1.82) is 0 Å². The van der Waals surface area contributed by atoms with Gasteiger partial charge >= 0.3 is 0 Å². The van der Waals surface area contributed by atoms with Gasteiger partial charge in [0.05, 0.1) is 12.0 Å². The van der Waals surface area contributed by atoms with E-state index >= 15 is 0 Å². The average Bonchev–Trinajstić information content (AvgIpc) is 2.74. The van der Waals surface area contributed by atoms with Gasteiger partial charge in [-0.15, -0.1) is 0 Å². The number of nitrogens with zero attached hydrogens (tertiary/aromatic N) is 1. The molecular weight excluding hydrogens is 300 g/mol. The quantitative estimate of drug-likeness (QED) is 0.788. The molecule has 1 fully saturated rings. The molecule has 0 unspecified atom stereocenters. The standard InChI is InChI=1S/C20H30N2O2/c1-17(2)9-13-22-12-6-10-20(24,11-14-22)16-21-19(23)15-18-7-4-3-5-8-18/h3-5,7-9,24H,6,10-16H2,1-2H3,(H,21,23)/t20-/m0/s1. The van der Waals surface area contributed by atoms with Crippen LogP contribution in [-0.2, 0) is 11.2 Å². The normalized spacial score (nSPS) is 21.8. The van der Waals surface area contributed by atoms with Gasteiger partial charge in [0.2, 0.25) is 5.91 Å². The van der Waals surface area contributed by atoms with Crippen LogP contribution in [-0.4, -0.2) is 47.7 Å². The number of carbonyl (C=O) groups is 1. The third kappa shape index (κ3) is 6.46. The fraction of sp³-hybridized carbons (Fsp3) is 0.550. The summed E-state index contributed by atoms with van der Waals surface area (Å²) in [4.78, 5) is 14.5. The minimum Gasteiger partial charge on any atom is -0.388 e. The summed E-state index contributed by atoms with van der Waals surface area (Å²) in [6.45, 7) is 7.37. The molecule has 1 heterocycles.